The van der Waals surface area contributed by atoms with E-state index in [2.05, 4.69) is 67.2 Å². The van der Waals surface area contributed by atoms with Gasteiger partial charge in [-0.3, -0.25) is 4.90 Å². The normalized spacial score (nSPS) is 21.0. The lowest BCUT2D eigenvalue weighted by atomic mass is 9.75. The first-order valence-corrected chi connectivity index (χ1v) is 14.7. The van der Waals surface area contributed by atoms with Crippen LogP contribution in [-0.4, -0.2) is 20.1 Å². The van der Waals surface area contributed by atoms with Gasteiger partial charge in [0.25, 0.3) is 0 Å². The number of hydrogen-bond donors (Lipinski definition) is 0. The first kappa shape index (κ1) is 19.9. The largest absolute Gasteiger partial charge is 0.497 e. The van der Waals surface area contributed by atoms with Gasteiger partial charge in [0.2, 0.25) is 0 Å². The maximum Gasteiger partial charge on any atom is 0.129 e. The van der Waals surface area contributed by atoms with Gasteiger partial charge in [-0.2, -0.15) is 0 Å². The number of methoxy groups -OCH3 is 1. The Morgan fingerprint density at radius 1 is 1.10 bits per heavy atom. The molecule has 158 valence electrons. The topological polar surface area (TPSA) is 12.5 Å². The number of benzene rings is 2. The molecule has 1 saturated carbocycles. The lowest BCUT2D eigenvalue weighted by molar-refractivity contribution is 0.0537. The monoisotopic (exact) mass is 418 g/mol. The Hall–Kier alpha value is -2.02. The highest BCUT2D eigenvalue weighted by molar-refractivity contribution is 6.83. The fourth-order valence-electron chi connectivity index (χ4n) is 4.94. The van der Waals surface area contributed by atoms with Gasteiger partial charge in [0, 0.05) is 25.5 Å². The van der Waals surface area contributed by atoms with Crippen LogP contribution in [0, 0.1) is 18.4 Å². The van der Waals surface area contributed by atoms with Gasteiger partial charge in [-0.1, -0.05) is 57.0 Å². The summed E-state index contributed by atoms with van der Waals surface area (Å²) in [5.41, 5.74) is 9.68. The van der Waals surface area contributed by atoms with Gasteiger partial charge in [-0.05, 0) is 66.3 Å². The molecule has 1 unspecified atom stereocenters. The molecule has 1 spiro atoms. The van der Waals surface area contributed by atoms with E-state index in [4.69, 9.17) is 4.74 Å². The Labute approximate surface area is 185 Å². The predicted molar refractivity (Wildman–Crippen MR) is 128 cm³/mol. The van der Waals surface area contributed by atoms with Gasteiger partial charge in [-0.15, -0.1) is 5.54 Å². The first-order valence-electron chi connectivity index (χ1n) is 11.8. The highest BCUT2D eigenvalue weighted by Crippen LogP contribution is 2.50. The molecule has 3 heteroatoms. The Morgan fingerprint density at radius 2 is 1.80 bits per heavy atom. The van der Waals surface area contributed by atoms with Crippen LogP contribution < -0.4 is 4.74 Å². The van der Waals surface area contributed by atoms with Crippen molar-refractivity contribution in [2.45, 2.75) is 77.3 Å². The summed E-state index contributed by atoms with van der Waals surface area (Å²) < 4.78 is 14.6. The number of nitrogens with zero attached hydrogens (tertiary/aromatic N) is 1. The first-order chi connectivity index (χ1) is 14.7. The Bertz CT molecular complexity index is 1010. The lowest BCUT2D eigenvalue weighted by Gasteiger charge is -2.42. The second-order valence-electron chi connectivity index (χ2n) is 9.95. The van der Waals surface area contributed by atoms with Crippen LogP contribution in [0.25, 0.3) is 0 Å². The van der Waals surface area contributed by atoms with Crippen LogP contribution in [0.2, 0.25) is 19.6 Å². The molecule has 1 heterocycles. The second-order valence-corrected chi connectivity index (χ2v) is 14.7. The molecule has 1 aliphatic heterocycles. The van der Waals surface area contributed by atoms with Crippen LogP contribution in [0.3, 0.4) is 0 Å². The van der Waals surface area contributed by atoms with E-state index in [-0.39, 0.29) is 12.1 Å². The van der Waals surface area contributed by atoms with Crippen LogP contribution in [0.4, 0.5) is 0 Å². The zero-order valence-electron chi connectivity index (χ0n) is 20.1. The Morgan fingerprint density at radius 3 is 2.43 bits per heavy atom. The summed E-state index contributed by atoms with van der Waals surface area (Å²) in [4.78, 5) is 2.46. The number of aryl methyl sites for hydroxylation is 1. The lowest BCUT2D eigenvalue weighted by Crippen LogP contribution is -2.42. The van der Waals surface area contributed by atoms with Crippen LogP contribution in [-0.2, 0) is 18.6 Å². The van der Waals surface area contributed by atoms with Crippen molar-refractivity contribution in [1.82, 2.24) is 4.90 Å². The average molecular weight is 419 g/mol. The summed E-state index contributed by atoms with van der Waals surface area (Å²) in [6, 6.07) is 12.9. The Balaban J connectivity index is 1.77. The highest BCUT2D eigenvalue weighted by atomic mass is 28.3. The van der Waals surface area contributed by atoms with E-state index in [0.29, 0.717) is 0 Å². The minimum Gasteiger partial charge on any atom is -0.497 e. The summed E-state index contributed by atoms with van der Waals surface area (Å²) in [5, 5.41) is 0. The summed E-state index contributed by atoms with van der Waals surface area (Å²) in [6.45, 7) is 9.52. The van der Waals surface area contributed by atoms with Gasteiger partial charge >= 0.3 is 0 Å². The van der Waals surface area contributed by atoms with Gasteiger partial charge in [0.05, 0.1) is 7.11 Å². The molecule has 30 heavy (non-hydrogen) atoms. The van der Waals surface area contributed by atoms with Crippen molar-refractivity contribution in [1.29, 1.82) is 0 Å². The third kappa shape index (κ3) is 4.22. The highest BCUT2D eigenvalue weighted by Gasteiger charge is 2.46. The number of ether oxygens (including phenoxy) is 1. The quantitative estimate of drug-likeness (QED) is 0.422. The third-order valence-corrected chi connectivity index (χ3v) is 7.37. The number of hydrogen-bond acceptors (Lipinski definition) is 2. The van der Waals surface area contributed by atoms with E-state index in [1.165, 1.54) is 41.5 Å². The van der Waals surface area contributed by atoms with E-state index in [0.717, 1.165) is 30.7 Å². The fourth-order valence-corrected chi connectivity index (χ4v) is 5.46. The molecule has 0 N–H and O–H groups in total. The standard InChI is InChI=1S/C27H35NOSi/c1-21-17-23(13-16-30(3,4)5)18-26-25(21)20-28(27(26)14-7-6-8-15-27)19-22-9-11-24(29-2)12-10-22/h9-12,17-18H,6-8,14-15,19-20H2,1-5H3/i20D. The molecule has 2 aliphatic rings. The predicted octanol–water partition coefficient (Wildman–Crippen LogP) is 6.41. The van der Waals surface area contributed by atoms with Crippen molar-refractivity contribution < 1.29 is 6.11 Å². The molecule has 2 aromatic rings. The SMILES string of the molecule is [2H]C1c2c(C)cc(C#C[Si](C)(C)C)cc2C2(CCCCC2)N1Cc1ccc(OC)cc1. The van der Waals surface area contributed by atoms with Gasteiger partial charge in [0.15, 0.2) is 0 Å². The molecule has 0 aromatic heterocycles. The minimum atomic E-state index is -1.44. The molecule has 4 rings (SSSR count). The van der Waals surface area contributed by atoms with E-state index in [1.54, 1.807) is 7.11 Å². The van der Waals surface area contributed by atoms with E-state index < -0.39 is 8.07 Å². The van der Waals surface area contributed by atoms with Crippen molar-refractivity contribution in [2.75, 3.05) is 7.11 Å². The molecular weight excluding hydrogens is 382 g/mol. The van der Waals surface area contributed by atoms with Gasteiger partial charge in [0.1, 0.15) is 13.8 Å². The molecule has 1 fully saturated rings. The summed E-state index contributed by atoms with van der Waals surface area (Å²) >= 11 is 0. The molecule has 2 aromatic carbocycles. The van der Waals surface area contributed by atoms with E-state index in [9.17, 15) is 1.37 Å². The molecule has 1 aliphatic carbocycles. The smallest absolute Gasteiger partial charge is 0.129 e. The van der Waals surface area contributed by atoms with Gasteiger partial charge < -0.3 is 4.74 Å². The van der Waals surface area contributed by atoms with Crippen molar-refractivity contribution >= 4 is 8.07 Å². The Kier molecular flexibility index (Phi) is 5.48. The minimum absolute atomic E-state index is 0.0401. The van der Waals surface area contributed by atoms with E-state index in [1.807, 2.05) is 12.1 Å². The van der Waals surface area contributed by atoms with Crippen LogP contribution in [0.15, 0.2) is 36.4 Å². The van der Waals surface area contributed by atoms with Crippen molar-refractivity contribution in [2.24, 2.45) is 0 Å². The maximum atomic E-state index is 9.24. The summed E-state index contributed by atoms with van der Waals surface area (Å²) in [7, 11) is 0.267. The molecular formula is C27H35NOSi. The average Bonchev–Trinajstić information content (AvgIpc) is 2.96. The molecule has 0 amide bonds. The summed E-state index contributed by atoms with van der Waals surface area (Å²) in [5.74, 6) is 4.37. The molecule has 0 saturated heterocycles. The van der Waals surface area contributed by atoms with Crippen LogP contribution in [0.5, 0.6) is 5.75 Å². The number of rotatable bonds is 3. The van der Waals surface area contributed by atoms with Crippen molar-refractivity contribution in [3.63, 3.8) is 0 Å². The molecule has 0 radical (unpaired) electrons. The molecule has 2 nitrogen and oxygen atoms in total. The van der Waals surface area contributed by atoms with Crippen molar-refractivity contribution in [3.8, 4) is 17.2 Å². The fraction of sp³-hybridized carbons (Fsp3) is 0.481. The van der Waals surface area contributed by atoms with Crippen molar-refractivity contribution in [3.05, 3.63) is 64.2 Å². The van der Waals surface area contributed by atoms with Crippen LogP contribution >= 0.6 is 0 Å². The van der Waals surface area contributed by atoms with E-state index >= 15 is 0 Å². The van der Waals surface area contributed by atoms with Crippen LogP contribution in [0.1, 0.15) is 61.3 Å². The summed E-state index contributed by atoms with van der Waals surface area (Å²) in [6.07, 6.45) is 6.03. The molecule has 1 atom stereocenters. The third-order valence-electron chi connectivity index (χ3n) is 6.50. The second kappa shape index (κ2) is 8.25. The maximum absolute atomic E-state index is 9.24. The van der Waals surface area contributed by atoms with Gasteiger partial charge in [-0.25, -0.2) is 0 Å². The zero-order valence-corrected chi connectivity index (χ0v) is 20.1. The number of fused-ring (bicyclic) bond motifs is 2. The zero-order chi connectivity index (χ0) is 22.2. The molecule has 0 bridgehead atoms.